The van der Waals surface area contributed by atoms with E-state index in [1.807, 2.05) is 19.1 Å². The van der Waals surface area contributed by atoms with Crippen molar-refractivity contribution in [3.63, 3.8) is 0 Å². The number of hydrogen-bond donors (Lipinski definition) is 1. The first-order chi connectivity index (χ1) is 9.11. The lowest BCUT2D eigenvalue weighted by Gasteiger charge is -2.07. The first-order valence-electron chi connectivity index (χ1n) is 6.09. The van der Waals surface area contributed by atoms with E-state index in [0.29, 0.717) is 5.69 Å². The molecule has 0 fully saturated rings. The van der Waals surface area contributed by atoms with Gasteiger partial charge in [-0.25, -0.2) is 9.67 Å². The van der Waals surface area contributed by atoms with E-state index in [2.05, 4.69) is 15.4 Å². The molecule has 0 aromatic carbocycles. The smallest absolute Gasteiger partial charge is 0.273 e. The van der Waals surface area contributed by atoms with Crippen molar-refractivity contribution in [2.45, 2.75) is 6.92 Å². The van der Waals surface area contributed by atoms with Crippen molar-refractivity contribution in [3.8, 4) is 5.69 Å². The monoisotopic (exact) mass is 259 g/mol. The lowest BCUT2D eigenvalue weighted by molar-refractivity contribution is 0.0821. The van der Waals surface area contributed by atoms with Gasteiger partial charge in [0.15, 0.2) is 5.69 Å². The molecule has 0 unspecified atom stereocenters. The number of hydrogen-bond acceptors (Lipinski definition) is 4. The molecule has 0 bridgehead atoms. The lowest BCUT2D eigenvalue weighted by atomic mass is 10.4. The van der Waals surface area contributed by atoms with Gasteiger partial charge >= 0.3 is 0 Å². The lowest BCUT2D eigenvalue weighted by Crippen LogP contribution is -2.22. The Balaban J connectivity index is 2.27. The third kappa shape index (κ3) is 2.90. The van der Waals surface area contributed by atoms with Gasteiger partial charge in [-0.3, -0.25) is 4.79 Å². The van der Waals surface area contributed by atoms with Crippen LogP contribution in [-0.4, -0.2) is 46.2 Å². The Morgan fingerprint density at radius 1 is 1.42 bits per heavy atom. The van der Waals surface area contributed by atoms with Gasteiger partial charge in [-0.1, -0.05) is 0 Å². The molecule has 2 aromatic rings. The van der Waals surface area contributed by atoms with E-state index in [1.54, 1.807) is 37.2 Å². The predicted octanol–water partition coefficient (Wildman–Crippen LogP) is 1.40. The first-order valence-corrected chi connectivity index (χ1v) is 6.09. The first kappa shape index (κ1) is 13.1. The molecule has 1 N–H and O–H groups in total. The topological polar surface area (TPSA) is 63.1 Å². The highest BCUT2D eigenvalue weighted by molar-refractivity contribution is 5.91. The van der Waals surface area contributed by atoms with Crippen molar-refractivity contribution < 1.29 is 4.79 Å². The summed E-state index contributed by atoms with van der Waals surface area (Å²) in [4.78, 5) is 17.5. The van der Waals surface area contributed by atoms with Crippen LogP contribution >= 0.6 is 0 Å². The van der Waals surface area contributed by atoms with Gasteiger partial charge in [0.25, 0.3) is 5.91 Å². The Labute approximate surface area is 112 Å². The van der Waals surface area contributed by atoms with Gasteiger partial charge in [-0.05, 0) is 19.1 Å². The summed E-state index contributed by atoms with van der Waals surface area (Å²) in [5.41, 5.74) is 1.29. The quantitative estimate of drug-likeness (QED) is 0.901. The van der Waals surface area contributed by atoms with Crippen LogP contribution in [0.3, 0.4) is 0 Å². The van der Waals surface area contributed by atoms with E-state index < -0.39 is 0 Å². The summed E-state index contributed by atoms with van der Waals surface area (Å²) < 4.78 is 1.67. The molecule has 1 amide bonds. The van der Waals surface area contributed by atoms with Gasteiger partial charge in [0.2, 0.25) is 0 Å². The molecule has 100 valence electrons. The van der Waals surface area contributed by atoms with Crippen molar-refractivity contribution in [2.75, 3.05) is 26.0 Å². The van der Waals surface area contributed by atoms with Crippen LogP contribution in [-0.2, 0) is 0 Å². The van der Waals surface area contributed by atoms with Gasteiger partial charge in [0.05, 0.1) is 5.69 Å². The Morgan fingerprint density at radius 2 is 2.21 bits per heavy atom. The van der Waals surface area contributed by atoms with Crippen molar-refractivity contribution in [1.82, 2.24) is 19.7 Å². The number of aromatic nitrogens is 3. The summed E-state index contributed by atoms with van der Waals surface area (Å²) in [5.74, 6) is 0.677. The second-order valence-electron chi connectivity index (χ2n) is 4.27. The van der Waals surface area contributed by atoms with Crippen LogP contribution in [0, 0.1) is 0 Å². The van der Waals surface area contributed by atoms with E-state index in [9.17, 15) is 4.79 Å². The van der Waals surface area contributed by atoms with Gasteiger partial charge in [-0.15, -0.1) is 0 Å². The summed E-state index contributed by atoms with van der Waals surface area (Å²) in [6, 6.07) is 5.44. The Hall–Kier alpha value is -2.37. The standard InChI is InChI=1S/C13H17N5O/c1-4-14-12-9-10(5-7-15-12)18-8-6-11(16-18)13(19)17(2)3/h5-9H,4H2,1-3H3,(H,14,15). The van der Waals surface area contributed by atoms with Crippen LogP contribution in [0.15, 0.2) is 30.6 Å². The molecule has 2 heterocycles. The molecule has 6 heteroatoms. The van der Waals surface area contributed by atoms with E-state index in [0.717, 1.165) is 18.1 Å². The highest BCUT2D eigenvalue weighted by Gasteiger charge is 2.12. The molecule has 6 nitrogen and oxygen atoms in total. The van der Waals surface area contributed by atoms with Crippen LogP contribution in [0.1, 0.15) is 17.4 Å². The molecule has 19 heavy (non-hydrogen) atoms. The molecule has 0 aliphatic heterocycles. The molecule has 2 aromatic heterocycles. The highest BCUT2D eigenvalue weighted by Crippen LogP contribution is 2.12. The molecule has 0 radical (unpaired) electrons. The molecular formula is C13H17N5O. The van der Waals surface area contributed by atoms with Gasteiger partial charge in [-0.2, -0.15) is 5.10 Å². The number of pyridine rings is 1. The molecule has 0 saturated carbocycles. The molecule has 0 aliphatic rings. The van der Waals surface area contributed by atoms with Crippen LogP contribution in [0.2, 0.25) is 0 Å². The number of amides is 1. The number of nitrogens with zero attached hydrogens (tertiary/aromatic N) is 4. The number of anilines is 1. The molecular weight excluding hydrogens is 242 g/mol. The fourth-order valence-electron chi connectivity index (χ4n) is 1.65. The second kappa shape index (κ2) is 5.51. The van der Waals surface area contributed by atoms with Gasteiger partial charge < -0.3 is 10.2 Å². The molecule has 2 rings (SSSR count). The van der Waals surface area contributed by atoms with Crippen LogP contribution in [0.5, 0.6) is 0 Å². The summed E-state index contributed by atoms with van der Waals surface area (Å²) in [6.45, 7) is 2.82. The number of rotatable bonds is 4. The minimum atomic E-state index is -0.111. The maximum atomic E-state index is 11.8. The minimum Gasteiger partial charge on any atom is -0.370 e. The fraction of sp³-hybridized carbons (Fsp3) is 0.308. The summed E-state index contributed by atoms with van der Waals surface area (Å²) >= 11 is 0. The van der Waals surface area contributed by atoms with Gasteiger partial charge in [0.1, 0.15) is 5.82 Å². The molecule has 0 spiro atoms. The summed E-state index contributed by atoms with van der Waals surface area (Å²) in [6.07, 6.45) is 3.48. The zero-order valence-corrected chi connectivity index (χ0v) is 11.3. The van der Waals surface area contributed by atoms with Crippen molar-refractivity contribution in [3.05, 3.63) is 36.3 Å². The van der Waals surface area contributed by atoms with E-state index >= 15 is 0 Å². The van der Waals surface area contributed by atoms with E-state index in [1.165, 1.54) is 4.90 Å². The zero-order valence-electron chi connectivity index (χ0n) is 11.3. The van der Waals surface area contributed by atoms with Crippen molar-refractivity contribution in [1.29, 1.82) is 0 Å². The van der Waals surface area contributed by atoms with E-state index in [4.69, 9.17) is 0 Å². The maximum Gasteiger partial charge on any atom is 0.273 e. The molecule has 0 atom stereocenters. The Morgan fingerprint density at radius 3 is 2.89 bits per heavy atom. The third-order valence-electron chi connectivity index (χ3n) is 2.58. The highest BCUT2D eigenvalue weighted by atomic mass is 16.2. The summed E-state index contributed by atoms with van der Waals surface area (Å²) in [5, 5.41) is 7.41. The number of carbonyl (C=O) groups excluding carboxylic acids is 1. The molecule has 0 saturated heterocycles. The Bertz CT molecular complexity index is 576. The van der Waals surface area contributed by atoms with E-state index in [-0.39, 0.29) is 5.91 Å². The van der Waals surface area contributed by atoms with Crippen molar-refractivity contribution in [2.24, 2.45) is 0 Å². The zero-order chi connectivity index (χ0) is 13.8. The number of carbonyl (C=O) groups is 1. The van der Waals surface area contributed by atoms with Crippen LogP contribution in [0.4, 0.5) is 5.82 Å². The molecule has 0 aliphatic carbocycles. The minimum absolute atomic E-state index is 0.111. The SMILES string of the molecule is CCNc1cc(-n2ccc(C(=O)N(C)C)n2)ccn1. The second-order valence-corrected chi connectivity index (χ2v) is 4.27. The summed E-state index contributed by atoms with van der Waals surface area (Å²) in [7, 11) is 3.41. The average Bonchev–Trinajstić information content (AvgIpc) is 2.88. The predicted molar refractivity (Wildman–Crippen MR) is 73.5 cm³/mol. The van der Waals surface area contributed by atoms with Crippen LogP contribution < -0.4 is 5.32 Å². The average molecular weight is 259 g/mol. The van der Waals surface area contributed by atoms with Crippen LogP contribution in [0.25, 0.3) is 5.69 Å². The maximum absolute atomic E-state index is 11.8. The third-order valence-corrected chi connectivity index (χ3v) is 2.58. The van der Waals surface area contributed by atoms with Crippen molar-refractivity contribution >= 4 is 11.7 Å². The Kier molecular flexibility index (Phi) is 3.79. The number of nitrogens with one attached hydrogen (secondary N) is 1. The largest absolute Gasteiger partial charge is 0.370 e. The normalized spacial score (nSPS) is 10.3. The fourth-order valence-corrected chi connectivity index (χ4v) is 1.65. The van der Waals surface area contributed by atoms with Gasteiger partial charge in [0, 0.05) is 39.1 Å².